The highest BCUT2D eigenvalue weighted by Crippen LogP contribution is 2.24. The van der Waals surface area contributed by atoms with Gasteiger partial charge in [0.15, 0.2) is 0 Å². The van der Waals surface area contributed by atoms with Crippen molar-refractivity contribution in [3.8, 4) is 5.75 Å². The molecule has 0 saturated heterocycles. The van der Waals surface area contributed by atoms with Gasteiger partial charge in [0.1, 0.15) is 5.75 Å². The van der Waals surface area contributed by atoms with E-state index in [9.17, 15) is 5.11 Å². The molecule has 0 aliphatic heterocycles. The van der Waals surface area contributed by atoms with E-state index in [4.69, 9.17) is 10.5 Å². The van der Waals surface area contributed by atoms with Crippen LogP contribution in [0, 0.1) is 0 Å². The second kappa shape index (κ2) is 8.50. The van der Waals surface area contributed by atoms with Gasteiger partial charge in [0, 0.05) is 5.54 Å². The number of aryl methyl sites for hydroxylation is 1. The van der Waals surface area contributed by atoms with E-state index in [2.05, 4.69) is 37.3 Å². The minimum atomic E-state index is -0.550. The van der Waals surface area contributed by atoms with Crippen molar-refractivity contribution >= 4 is 10.8 Å². The molecule has 0 amide bonds. The van der Waals surface area contributed by atoms with Gasteiger partial charge in [-0.1, -0.05) is 44.0 Å². The molecular weight excluding hydrogens is 298 g/mol. The third kappa shape index (κ3) is 5.22. The highest BCUT2D eigenvalue weighted by molar-refractivity contribution is 5.84. The highest BCUT2D eigenvalue weighted by atomic mass is 16.5. The fraction of sp³-hybridized carbons (Fsp3) is 0.524. The number of rotatable bonds is 9. The Labute approximate surface area is 145 Å². The Hall–Kier alpha value is -1.58. The normalized spacial score (nSPS) is 15.2. The van der Waals surface area contributed by atoms with Crippen LogP contribution in [0.1, 0.15) is 52.0 Å². The van der Waals surface area contributed by atoms with Crippen LogP contribution in [0.25, 0.3) is 10.8 Å². The Bertz CT molecular complexity index is 649. The van der Waals surface area contributed by atoms with Gasteiger partial charge in [-0.25, -0.2) is 0 Å². The van der Waals surface area contributed by atoms with Crippen LogP contribution in [-0.2, 0) is 6.42 Å². The Morgan fingerprint density at radius 2 is 1.83 bits per heavy atom. The average molecular weight is 329 g/mol. The van der Waals surface area contributed by atoms with Crippen molar-refractivity contribution in [3.63, 3.8) is 0 Å². The summed E-state index contributed by atoms with van der Waals surface area (Å²) in [5, 5.41) is 12.1. The van der Waals surface area contributed by atoms with Crippen molar-refractivity contribution in [1.29, 1.82) is 0 Å². The molecule has 0 unspecified atom stereocenters. The topological polar surface area (TPSA) is 55.5 Å². The molecule has 0 heterocycles. The highest BCUT2D eigenvalue weighted by Gasteiger charge is 2.24. The van der Waals surface area contributed by atoms with Crippen molar-refractivity contribution < 1.29 is 9.84 Å². The number of aliphatic hydroxyl groups is 1. The number of fused-ring (bicyclic) bond motifs is 1. The Morgan fingerprint density at radius 3 is 2.54 bits per heavy atom. The van der Waals surface area contributed by atoms with E-state index in [0.717, 1.165) is 31.6 Å². The van der Waals surface area contributed by atoms with E-state index in [1.807, 2.05) is 13.0 Å². The summed E-state index contributed by atoms with van der Waals surface area (Å²) in [5.41, 5.74) is 6.84. The van der Waals surface area contributed by atoms with Gasteiger partial charge in [0.2, 0.25) is 0 Å². The van der Waals surface area contributed by atoms with Gasteiger partial charge < -0.3 is 15.6 Å². The van der Waals surface area contributed by atoms with Crippen LogP contribution in [0.3, 0.4) is 0 Å². The Balaban J connectivity index is 2.01. The van der Waals surface area contributed by atoms with Crippen LogP contribution in [0.4, 0.5) is 0 Å². The zero-order chi connectivity index (χ0) is 17.6. The molecule has 0 aliphatic carbocycles. The lowest BCUT2D eigenvalue weighted by Gasteiger charge is -2.27. The van der Waals surface area contributed by atoms with Crippen LogP contribution < -0.4 is 10.5 Å². The summed E-state index contributed by atoms with van der Waals surface area (Å²) in [4.78, 5) is 0. The molecule has 132 valence electrons. The molecule has 3 N–H and O–H groups in total. The third-order valence-electron chi connectivity index (χ3n) is 4.80. The molecule has 3 nitrogen and oxygen atoms in total. The van der Waals surface area contributed by atoms with Crippen LogP contribution >= 0.6 is 0 Å². The fourth-order valence-corrected chi connectivity index (χ4v) is 2.68. The number of unbranched alkanes of at least 4 members (excludes halogenated alkanes) is 2. The first-order chi connectivity index (χ1) is 11.4. The first-order valence-electron chi connectivity index (χ1n) is 9.05. The number of ether oxygens (including phenoxy) is 1. The quantitative estimate of drug-likeness (QED) is 0.669. The van der Waals surface area contributed by atoms with Crippen LogP contribution in [0.5, 0.6) is 5.75 Å². The zero-order valence-electron chi connectivity index (χ0n) is 15.2. The monoisotopic (exact) mass is 329 g/mol. The molecule has 24 heavy (non-hydrogen) atoms. The molecule has 0 radical (unpaired) electrons. The maximum atomic E-state index is 9.73. The second-order valence-corrected chi connectivity index (χ2v) is 7.08. The van der Waals surface area contributed by atoms with Crippen molar-refractivity contribution in [2.45, 2.75) is 64.5 Å². The van der Waals surface area contributed by atoms with E-state index in [1.165, 1.54) is 29.2 Å². The van der Waals surface area contributed by atoms with Crippen molar-refractivity contribution in [3.05, 3.63) is 42.0 Å². The van der Waals surface area contributed by atoms with Gasteiger partial charge in [-0.3, -0.25) is 0 Å². The molecule has 0 aromatic heterocycles. The summed E-state index contributed by atoms with van der Waals surface area (Å²) in [7, 11) is 0. The maximum Gasteiger partial charge on any atom is 0.119 e. The molecule has 0 fully saturated rings. The van der Waals surface area contributed by atoms with Gasteiger partial charge in [0.25, 0.3) is 0 Å². The van der Waals surface area contributed by atoms with E-state index in [-0.39, 0.29) is 0 Å². The lowest BCUT2D eigenvalue weighted by Crippen LogP contribution is -2.46. The lowest BCUT2D eigenvalue weighted by molar-refractivity contribution is 0.106. The van der Waals surface area contributed by atoms with Gasteiger partial charge in [0.05, 0.1) is 12.7 Å². The summed E-state index contributed by atoms with van der Waals surface area (Å²) in [5.74, 6) is 0.940. The molecule has 2 rings (SSSR count). The molecule has 3 heteroatoms. The summed E-state index contributed by atoms with van der Waals surface area (Å²) in [6, 6.07) is 12.7. The summed E-state index contributed by atoms with van der Waals surface area (Å²) < 4.78 is 5.82. The first kappa shape index (κ1) is 18.8. The van der Waals surface area contributed by atoms with Gasteiger partial charge in [-0.15, -0.1) is 0 Å². The van der Waals surface area contributed by atoms with Crippen molar-refractivity contribution in [2.75, 3.05) is 6.61 Å². The average Bonchev–Trinajstić information content (AvgIpc) is 2.56. The summed E-state index contributed by atoms with van der Waals surface area (Å²) in [6.07, 6.45) is 4.64. The zero-order valence-corrected chi connectivity index (χ0v) is 15.2. The van der Waals surface area contributed by atoms with E-state index in [0.29, 0.717) is 0 Å². The van der Waals surface area contributed by atoms with Gasteiger partial charge >= 0.3 is 0 Å². The number of benzene rings is 2. The lowest BCUT2D eigenvalue weighted by atomic mass is 9.89. The van der Waals surface area contributed by atoms with Crippen LogP contribution in [0.15, 0.2) is 36.4 Å². The van der Waals surface area contributed by atoms with E-state index in [1.54, 1.807) is 6.92 Å². The minimum absolute atomic E-state index is 0.509. The molecule has 0 saturated carbocycles. The fourth-order valence-electron chi connectivity index (χ4n) is 2.68. The maximum absolute atomic E-state index is 9.73. The molecule has 2 aromatic carbocycles. The van der Waals surface area contributed by atoms with Crippen LogP contribution in [-0.4, -0.2) is 23.4 Å². The molecule has 0 spiro atoms. The number of aliphatic hydroxyl groups excluding tert-OH is 1. The molecule has 0 bridgehead atoms. The number of nitrogens with two attached hydrogens (primary N) is 1. The predicted molar refractivity (Wildman–Crippen MR) is 102 cm³/mol. The molecular formula is C21H31NO2. The van der Waals surface area contributed by atoms with E-state index >= 15 is 0 Å². The van der Waals surface area contributed by atoms with E-state index < -0.39 is 11.6 Å². The Kier molecular flexibility index (Phi) is 6.64. The summed E-state index contributed by atoms with van der Waals surface area (Å²) in [6.45, 7) is 6.64. The largest absolute Gasteiger partial charge is 0.494 e. The SMILES string of the molecule is CCCCCOc1ccc2cc(CC[C@@](C)(N)[C@H](C)O)ccc2c1. The standard InChI is InChI=1S/C21H31NO2/c1-4-5-6-13-24-20-10-9-18-14-17(7-8-19(18)15-20)11-12-21(3,22)16(2)23/h7-10,14-16,23H,4-6,11-13,22H2,1-3H3/t16-,21+/m0/s1. The third-order valence-corrected chi connectivity index (χ3v) is 4.80. The molecule has 2 atom stereocenters. The molecule has 2 aromatic rings. The number of hydrogen-bond donors (Lipinski definition) is 2. The first-order valence-corrected chi connectivity index (χ1v) is 9.05. The van der Waals surface area contributed by atoms with Gasteiger partial charge in [-0.2, -0.15) is 0 Å². The van der Waals surface area contributed by atoms with Crippen LogP contribution in [0.2, 0.25) is 0 Å². The molecule has 0 aliphatic rings. The van der Waals surface area contributed by atoms with Crippen molar-refractivity contribution in [2.24, 2.45) is 5.73 Å². The van der Waals surface area contributed by atoms with Gasteiger partial charge in [-0.05, 0) is 61.6 Å². The smallest absolute Gasteiger partial charge is 0.119 e. The summed E-state index contributed by atoms with van der Waals surface area (Å²) >= 11 is 0. The Morgan fingerprint density at radius 1 is 1.12 bits per heavy atom. The number of hydrogen-bond acceptors (Lipinski definition) is 3. The minimum Gasteiger partial charge on any atom is -0.494 e. The second-order valence-electron chi connectivity index (χ2n) is 7.08. The van der Waals surface area contributed by atoms with Crippen molar-refractivity contribution in [1.82, 2.24) is 0 Å². The predicted octanol–water partition coefficient (Wildman–Crippen LogP) is 4.44.